The quantitative estimate of drug-likeness (QED) is 0.281. The minimum Gasteiger partial charge on any atom is -0.467 e. The number of azide groups is 1. The SMILES string of the molecule is COC(=O)C(C)(NCCN=[N+]=[N-])c1ccc(F)cc1. The van der Waals surface area contributed by atoms with Crippen molar-refractivity contribution in [1.29, 1.82) is 0 Å². The van der Waals surface area contributed by atoms with E-state index in [9.17, 15) is 9.18 Å². The van der Waals surface area contributed by atoms with Crippen LogP contribution in [0.15, 0.2) is 29.4 Å². The Morgan fingerprint density at radius 3 is 2.68 bits per heavy atom. The van der Waals surface area contributed by atoms with Crippen LogP contribution in [0.25, 0.3) is 10.4 Å². The van der Waals surface area contributed by atoms with Crippen molar-refractivity contribution in [3.8, 4) is 0 Å². The summed E-state index contributed by atoms with van der Waals surface area (Å²) in [7, 11) is 1.28. The number of esters is 1. The van der Waals surface area contributed by atoms with Crippen LogP contribution < -0.4 is 5.32 Å². The third-order valence-electron chi connectivity index (χ3n) is 2.77. The number of carbonyl (C=O) groups is 1. The summed E-state index contributed by atoms with van der Waals surface area (Å²) in [4.78, 5) is 14.5. The lowest BCUT2D eigenvalue weighted by atomic mass is 9.92. The molecular formula is C12H15FN4O2. The molecule has 1 unspecified atom stereocenters. The summed E-state index contributed by atoms with van der Waals surface area (Å²) in [5.74, 6) is -0.884. The van der Waals surface area contributed by atoms with Crippen LogP contribution in [0.5, 0.6) is 0 Å². The fourth-order valence-electron chi connectivity index (χ4n) is 1.68. The predicted octanol–water partition coefficient (Wildman–Crippen LogP) is 2.11. The lowest BCUT2D eigenvalue weighted by Gasteiger charge is -2.28. The van der Waals surface area contributed by atoms with Gasteiger partial charge in [-0.25, -0.2) is 9.18 Å². The minimum absolute atomic E-state index is 0.199. The van der Waals surface area contributed by atoms with E-state index in [1.54, 1.807) is 6.92 Å². The van der Waals surface area contributed by atoms with Gasteiger partial charge in [-0.15, -0.1) is 0 Å². The van der Waals surface area contributed by atoms with Gasteiger partial charge in [0.1, 0.15) is 11.4 Å². The van der Waals surface area contributed by atoms with Gasteiger partial charge in [-0.1, -0.05) is 17.2 Å². The first-order valence-electron chi connectivity index (χ1n) is 5.65. The van der Waals surface area contributed by atoms with Crippen molar-refractivity contribution in [2.24, 2.45) is 5.11 Å². The van der Waals surface area contributed by atoms with E-state index >= 15 is 0 Å². The van der Waals surface area contributed by atoms with Crippen LogP contribution >= 0.6 is 0 Å². The van der Waals surface area contributed by atoms with Crippen molar-refractivity contribution in [3.05, 3.63) is 46.1 Å². The van der Waals surface area contributed by atoms with Gasteiger partial charge in [0.25, 0.3) is 0 Å². The van der Waals surface area contributed by atoms with Crippen LogP contribution in [0.4, 0.5) is 4.39 Å². The first-order valence-corrected chi connectivity index (χ1v) is 5.65. The minimum atomic E-state index is -1.12. The Bertz CT molecular complexity index is 485. The van der Waals surface area contributed by atoms with Crippen LogP contribution in [0.2, 0.25) is 0 Å². The largest absolute Gasteiger partial charge is 0.467 e. The van der Waals surface area contributed by atoms with Gasteiger partial charge in [-0.05, 0) is 30.2 Å². The number of nitrogens with one attached hydrogen (secondary N) is 1. The first kappa shape index (κ1) is 14.9. The molecule has 7 heteroatoms. The van der Waals surface area contributed by atoms with Gasteiger partial charge in [0.15, 0.2) is 0 Å². The maximum Gasteiger partial charge on any atom is 0.330 e. The van der Waals surface area contributed by atoms with Crippen LogP contribution in [0, 0.1) is 5.82 Å². The summed E-state index contributed by atoms with van der Waals surface area (Å²) in [6.07, 6.45) is 0. The zero-order chi connectivity index (χ0) is 14.3. The number of methoxy groups -OCH3 is 1. The summed E-state index contributed by atoms with van der Waals surface area (Å²) in [6.45, 7) is 2.12. The Kier molecular flexibility index (Phi) is 5.29. The van der Waals surface area contributed by atoms with Crippen molar-refractivity contribution in [1.82, 2.24) is 5.32 Å². The highest BCUT2D eigenvalue weighted by molar-refractivity contribution is 5.82. The zero-order valence-corrected chi connectivity index (χ0v) is 10.8. The summed E-state index contributed by atoms with van der Waals surface area (Å²) in [5, 5.41) is 6.33. The summed E-state index contributed by atoms with van der Waals surface area (Å²) >= 11 is 0. The number of benzene rings is 1. The number of ether oxygens (including phenoxy) is 1. The number of halogens is 1. The van der Waals surface area contributed by atoms with E-state index in [0.717, 1.165) is 0 Å². The smallest absolute Gasteiger partial charge is 0.330 e. The second-order valence-corrected chi connectivity index (χ2v) is 4.00. The molecule has 1 atom stereocenters. The predicted molar refractivity (Wildman–Crippen MR) is 67.8 cm³/mol. The summed E-state index contributed by atoms with van der Waals surface area (Å²) in [5.41, 5.74) is 7.65. The molecule has 1 rings (SSSR count). The summed E-state index contributed by atoms with van der Waals surface area (Å²) in [6, 6.07) is 5.55. The fourth-order valence-corrected chi connectivity index (χ4v) is 1.68. The maximum atomic E-state index is 12.9. The normalized spacial score (nSPS) is 13.2. The molecule has 0 saturated heterocycles. The van der Waals surface area contributed by atoms with Crippen molar-refractivity contribution in [2.75, 3.05) is 20.2 Å². The summed E-state index contributed by atoms with van der Waals surface area (Å²) < 4.78 is 17.7. The van der Waals surface area contributed by atoms with Crippen LogP contribution in [-0.2, 0) is 15.1 Å². The number of rotatable bonds is 6. The Morgan fingerprint density at radius 2 is 2.16 bits per heavy atom. The number of hydrogen-bond donors (Lipinski definition) is 1. The van der Waals surface area contributed by atoms with Gasteiger partial charge in [0.2, 0.25) is 0 Å². The molecule has 0 saturated carbocycles. The molecule has 0 heterocycles. The lowest BCUT2D eigenvalue weighted by Crippen LogP contribution is -2.48. The molecule has 0 spiro atoms. The van der Waals surface area contributed by atoms with Gasteiger partial charge < -0.3 is 4.74 Å². The Hall–Kier alpha value is -2.11. The lowest BCUT2D eigenvalue weighted by molar-refractivity contribution is -0.148. The monoisotopic (exact) mass is 266 g/mol. The number of nitrogens with zero attached hydrogens (tertiary/aromatic N) is 3. The van der Waals surface area contributed by atoms with E-state index in [1.165, 1.54) is 31.4 Å². The van der Waals surface area contributed by atoms with E-state index in [2.05, 4.69) is 15.3 Å². The molecule has 0 amide bonds. The standard InChI is InChI=1S/C12H15FN4O2/c1-12(11(18)19-2,15-7-8-16-17-14)9-3-5-10(13)6-4-9/h3-6,15H,7-8H2,1-2H3. The highest BCUT2D eigenvalue weighted by Crippen LogP contribution is 2.22. The van der Waals surface area contributed by atoms with Crippen LogP contribution in [0.3, 0.4) is 0 Å². The fraction of sp³-hybridized carbons (Fsp3) is 0.417. The Labute approximate surface area is 110 Å². The van der Waals surface area contributed by atoms with Crippen molar-refractivity contribution in [2.45, 2.75) is 12.5 Å². The number of hydrogen-bond acceptors (Lipinski definition) is 4. The molecule has 0 aliphatic carbocycles. The van der Waals surface area contributed by atoms with Crippen molar-refractivity contribution < 1.29 is 13.9 Å². The van der Waals surface area contributed by atoms with Crippen LogP contribution in [-0.4, -0.2) is 26.2 Å². The van der Waals surface area contributed by atoms with E-state index in [4.69, 9.17) is 10.3 Å². The van der Waals surface area contributed by atoms with Crippen molar-refractivity contribution in [3.63, 3.8) is 0 Å². The number of carbonyl (C=O) groups excluding carboxylic acids is 1. The van der Waals surface area contributed by atoms with E-state index in [-0.39, 0.29) is 12.4 Å². The second-order valence-electron chi connectivity index (χ2n) is 4.00. The molecule has 0 aliphatic rings. The van der Waals surface area contributed by atoms with Crippen LogP contribution in [0.1, 0.15) is 12.5 Å². The molecule has 1 aromatic rings. The molecule has 0 radical (unpaired) electrons. The highest BCUT2D eigenvalue weighted by atomic mass is 19.1. The zero-order valence-electron chi connectivity index (χ0n) is 10.8. The molecule has 0 bridgehead atoms. The molecule has 1 N–H and O–H groups in total. The molecular weight excluding hydrogens is 251 g/mol. The first-order chi connectivity index (χ1) is 9.04. The van der Waals surface area contributed by atoms with Gasteiger partial charge in [-0.2, -0.15) is 0 Å². The Morgan fingerprint density at radius 1 is 1.53 bits per heavy atom. The van der Waals surface area contributed by atoms with E-state index in [0.29, 0.717) is 12.1 Å². The van der Waals surface area contributed by atoms with E-state index < -0.39 is 11.5 Å². The van der Waals surface area contributed by atoms with Gasteiger partial charge in [-0.3, -0.25) is 5.32 Å². The molecule has 19 heavy (non-hydrogen) atoms. The van der Waals surface area contributed by atoms with Crippen molar-refractivity contribution >= 4 is 5.97 Å². The van der Waals surface area contributed by atoms with Gasteiger partial charge >= 0.3 is 5.97 Å². The van der Waals surface area contributed by atoms with E-state index in [1.807, 2.05) is 0 Å². The highest BCUT2D eigenvalue weighted by Gasteiger charge is 2.35. The van der Waals surface area contributed by atoms with Gasteiger partial charge in [0.05, 0.1) is 7.11 Å². The molecule has 0 aromatic heterocycles. The molecule has 102 valence electrons. The molecule has 0 aliphatic heterocycles. The maximum absolute atomic E-state index is 12.9. The second kappa shape index (κ2) is 6.72. The molecule has 0 fully saturated rings. The van der Waals surface area contributed by atoms with Gasteiger partial charge in [0, 0.05) is 18.0 Å². The average molecular weight is 266 g/mol. The third kappa shape index (κ3) is 3.67. The topological polar surface area (TPSA) is 87.1 Å². The Balaban J connectivity index is 2.95. The average Bonchev–Trinajstić information content (AvgIpc) is 2.43. The molecule has 6 nitrogen and oxygen atoms in total. The molecule has 1 aromatic carbocycles. The third-order valence-corrected chi connectivity index (χ3v) is 2.77.